The van der Waals surface area contributed by atoms with E-state index in [4.69, 9.17) is 20.4 Å². The lowest BCUT2D eigenvalue weighted by Crippen LogP contribution is -2.54. The van der Waals surface area contributed by atoms with Crippen LogP contribution in [0.2, 0.25) is 0 Å². The van der Waals surface area contributed by atoms with E-state index in [2.05, 4.69) is 42.7 Å². The van der Waals surface area contributed by atoms with Crippen molar-refractivity contribution in [3.8, 4) is 17.1 Å². The normalized spacial score (nSPS) is 16.1. The predicted octanol–water partition coefficient (Wildman–Crippen LogP) is 5.21. The van der Waals surface area contributed by atoms with Crippen molar-refractivity contribution < 1.29 is 13.9 Å². The molecule has 0 aliphatic carbocycles. The number of carbonyl (C=O) groups is 1. The lowest BCUT2D eigenvalue weighted by Gasteiger charge is -2.40. The Morgan fingerprint density at radius 2 is 1.82 bits per heavy atom. The molecule has 1 fully saturated rings. The maximum atomic E-state index is 14.7. The van der Waals surface area contributed by atoms with Crippen LogP contribution in [0.3, 0.4) is 0 Å². The molecular formula is C31H40FN5O2. The van der Waals surface area contributed by atoms with Crippen LogP contribution in [-0.2, 0) is 11.4 Å². The van der Waals surface area contributed by atoms with Gasteiger partial charge in [-0.15, -0.1) is 0 Å². The van der Waals surface area contributed by atoms with Gasteiger partial charge in [-0.25, -0.2) is 14.4 Å². The second-order valence-electron chi connectivity index (χ2n) is 11.0. The first-order valence-electron chi connectivity index (χ1n) is 13.6. The van der Waals surface area contributed by atoms with Gasteiger partial charge in [0.1, 0.15) is 24.0 Å². The Bertz CT molecular complexity index is 1350. The summed E-state index contributed by atoms with van der Waals surface area (Å²) in [7, 11) is 0. The first-order chi connectivity index (χ1) is 18.5. The molecule has 0 bridgehead atoms. The average molecular weight is 534 g/mol. The molecule has 39 heavy (non-hydrogen) atoms. The zero-order valence-corrected chi connectivity index (χ0v) is 24.1. The molecule has 1 aromatic heterocycles. The van der Waals surface area contributed by atoms with E-state index in [9.17, 15) is 9.18 Å². The van der Waals surface area contributed by atoms with Gasteiger partial charge in [0.05, 0.1) is 17.8 Å². The second-order valence-corrected chi connectivity index (χ2v) is 11.0. The van der Waals surface area contributed by atoms with Crippen molar-refractivity contribution in [3.63, 3.8) is 0 Å². The van der Waals surface area contributed by atoms with E-state index < -0.39 is 0 Å². The number of nitrogens with zero attached hydrogens (tertiary/aromatic N) is 4. The Labute approximate surface area is 231 Å². The summed E-state index contributed by atoms with van der Waals surface area (Å²) in [5.74, 6) is 1.60. The lowest BCUT2D eigenvalue weighted by molar-refractivity contribution is -0.119. The number of hydrogen-bond acceptors (Lipinski definition) is 6. The second kappa shape index (κ2) is 11.7. The molecule has 8 heteroatoms. The first kappa shape index (κ1) is 28.5. The molecule has 0 spiro atoms. The molecule has 1 atom stereocenters. The number of piperazine rings is 1. The third kappa shape index (κ3) is 6.22. The summed E-state index contributed by atoms with van der Waals surface area (Å²) < 4.78 is 21.0. The minimum atomic E-state index is -0.328. The standard InChI is InChI=1S/C31H40FN5O2/c1-18(2)24-13-26(32)22(6)27(14-24)39-17-25-23(7)34-30(29-19(3)9-8-10-20(29)4)35-31(25)37-12-11-36(16-28(33)38)21(5)15-37/h8-10,13-14,18,21H,11-12,15-17H2,1-7H3,(H2,33,38). The van der Waals surface area contributed by atoms with E-state index in [0.717, 1.165) is 39.3 Å². The number of benzene rings is 2. The molecule has 2 heterocycles. The molecular weight excluding hydrogens is 493 g/mol. The van der Waals surface area contributed by atoms with Gasteiger partial charge in [0.25, 0.3) is 0 Å². The van der Waals surface area contributed by atoms with Gasteiger partial charge in [-0.1, -0.05) is 32.0 Å². The fourth-order valence-corrected chi connectivity index (χ4v) is 5.22. The number of nitrogens with two attached hydrogens (primary N) is 1. The Kier molecular flexibility index (Phi) is 8.54. The fourth-order valence-electron chi connectivity index (χ4n) is 5.22. The van der Waals surface area contributed by atoms with Crippen LogP contribution in [0, 0.1) is 33.5 Å². The van der Waals surface area contributed by atoms with Gasteiger partial charge in [0, 0.05) is 36.8 Å². The molecule has 7 nitrogen and oxygen atoms in total. The van der Waals surface area contributed by atoms with Gasteiger partial charge in [0.15, 0.2) is 5.82 Å². The monoisotopic (exact) mass is 533 g/mol. The number of ether oxygens (including phenoxy) is 1. The van der Waals surface area contributed by atoms with E-state index in [-0.39, 0.29) is 36.8 Å². The van der Waals surface area contributed by atoms with Crippen molar-refractivity contribution in [3.05, 3.63) is 69.7 Å². The number of amides is 1. The van der Waals surface area contributed by atoms with Gasteiger partial charge >= 0.3 is 0 Å². The van der Waals surface area contributed by atoms with Crippen LogP contribution in [0.5, 0.6) is 5.75 Å². The van der Waals surface area contributed by atoms with Crippen LogP contribution in [0.15, 0.2) is 30.3 Å². The highest BCUT2D eigenvalue weighted by Gasteiger charge is 2.29. The highest BCUT2D eigenvalue weighted by atomic mass is 19.1. The number of halogens is 1. The topological polar surface area (TPSA) is 84.6 Å². The van der Waals surface area contributed by atoms with Crippen molar-refractivity contribution >= 4 is 11.7 Å². The summed E-state index contributed by atoms with van der Waals surface area (Å²) in [5, 5.41) is 0. The minimum Gasteiger partial charge on any atom is -0.488 e. The molecule has 1 aliphatic heterocycles. The van der Waals surface area contributed by atoms with Gasteiger partial charge in [-0.3, -0.25) is 9.69 Å². The third-order valence-electron chi connectivity index (χ3n) is 7.68. The summed E-state index contributed by atoms with van der Waals surface area (Å²) in [4.78, 5) is 26.0. The Hall–Kier alpha value is -3.52. The number of rotatable bonds is 8. The van der Waals surface area contributed by atoms with E-state index in [0.29, 0.717) is 36.8 Å². The zero-order valence-electron chi connectivity index (χ0n) is 24.1. The van der Waals surface area contributed by atoms with Gasteiger partial charge in [-0.05, 0) is 69.4 Å². The van der Waals surface area contributed by atoms with Crippen molar-refractivity contribution in [2.45, 2.75) is 67.0 Å². The molecule has 208 valence electrons. The number of anilines is 1. The van der Waals surface area contributed by atoms with Crippen LogP contribution in [-0.4, -0.2) is 53.0 Å². The number of carbonyl (C=O) groups excluding carboxylic acids is 1. The molecule has 2 N–H and O–H groups in total. The smallest absolute Gasteiger partial charge is 0.231 e. The maximum absolute atomic E-state index is 14.7. The van der Waals surface area contributed by atoms with Crippen LogP contribution in [0.4, 0.5) is 10.2 Å². The predicted molar refractivity (Wildman–Crippen MR) is 154 cm³/mol. The summed E-state index contributed by atoms with van der Waals surface area (Å²) >= 11 is 0. The summed E-state index contributed by atoms with van der Waals surface area (Å²) in [6, 6.07) is 9.80. The number of aryl methyl sites for hydroxylation is 3. The third-order valence-corrected chi connectivity index (χ3v) is 7.68. The van der Waals surface area contributed by atoms with Gasteiger partial charge < -0.3 is 15.4 Å². The zero-order chi connectivity index (χ0) is 28.4. The van der Waals surface area contributed by atoms with Crippen molar-refractivity contribution in [1.82, 2.24) is 14.9 Å². The molecule has 2 aromatic carbocycles. The summed E-state index contributed by atoms with van der Waals surface area (Å²) in [5.41, 5.74) is 11.8. The van der Waals surface area contributed by atoms with Crippen LogP contribution in [0.1, 0.15) is 60.2 Å². The van der Waals surface area contributed by atoms with E-state index in [1.54, 1.807) is 13.0 Å². The average Bonchev–Trinajstić information content (AvgIpc) is 2.86. The molecule has 1 amide bonds. The van der Waals surface area contributed by atoms with Crippen molar-refractivity contribution in [2.75, 3.05) is 31.1 Å². The molecule has 1 aliphatic rings. The SMILES string of the molecule is Cc1cccc(C)c1-c1nc(C)c(COc2cc(C(C)C)cc(F)c2C)c(N2CCN(CC(N)=O)C(C)C2)n1. The minimum absolute atomic E-state index is 0.109. The van der Waals surface area contributed by atoms with Crippen molar-refractivity contribution in [1.29, 1.82) is 0 Å². The molecule has 4 rings (SSSR count). The summed E-state index contributed by atoms with van der Waals surface area (Å²) in [6.07, 6.45) is 0. The lowest BCUT2D eigenvalue weighted by atomic mass is 10.0. The largest absolute Gasteiger partial charge is 0.488 e. The highest BCUT2D eigenvalue weighted by Crippen LogP contribution is 2.33. The van der Waals surface area contributed by atoms with Crippen molar-refractivity contribution in [2.24, 2.45) is 5.73 Å². The molecule has 3 aromatic rings. The summed E-state index contributed by atoms with van der Waals surface area (Å²) in [6.45, 7) is 16.5. The molecule has 0 saturated carbocycles. The first-order valence-corrected chi connectivity index (χ1v) is 13.6. The quantitative estimate of drug-likeness (QED) is 0.428. The number of hydrogen-bond donors (Lipinski definition) is 1. The molecule has 1 unspecified atom stereocenters. The van der Waals surface area contributed by atoms with E-state index in [1.165, 1.54) is 0 Å². The van der Waals surface area contributed by atoms with Crippen LogP contribution in [0.25, 0.3) is 11.4 Å². The number of aromatic nitrogens is 2. The van der Waals surface area contributed by atoms with Gasteiger partial charge in [-0.2, -0.15) is 0 Å². The Morgan fingerprint density at radius 3 is 2.44 bits per heavy atom. The highest BCUT2D eigenvalue weighted by molar-refractivity contribution is 5.76. The van der Waals surface area contributed by atoms with E-state index in [1.807, 2.05) is 32.9 Å². The Morgan fingerprint density at radius 1 is 1.13 bits per heavy atom. The van der Waals surface area contributed by atoms with Gasteiger partial charge in [0.2, 0.25) is 5.91 Å². The van der Waals surface area contributed by atoms with Crippen LogP contribution >= 0.6 is 0 Å². The number of primary amides is 1. The molecule has 0 radical (unpaired) electrons. The van der Waals surface area contributed by atoms with Crippen LogP contribution < -0.4 is 15.4 Å². The maximum Gasteiger partial charge on any atom is 0.231 e. The molecule has 1 saturated heterocycles. The van der Waals surface area contributed by atoms with E-state index >= 15 is 0 Å². The Balaban J connectivity index is 1.75. The fraction of sp³-hybridized carbons (Fsp3) is 0.452.